The zero-order valence-corrected chi connectivity index (χ0v) is 10.5. The van der Waals surface area contributed by atoms with Gasteiger partial charge in [-0.1, -0.05) is 6.07 Å². The number of imidazole rings is 1. The minimum atomic E-state index is -1.01. The first-order valence-electron chi connectivity index (χ1n) is 4.90. The number of carbonyl (C=O) groups is 1. The van der Waals surface area contributed by atoms with Gasteiger partial charge in [-0.05, 0) is 35.4 Å². The van der Waals surface area contributed by atoms with Crippen molar-refractivity contribution in [2.75, 3.05) is 0 Å². The Labute approximate surface area is 109 Å². The van der Waals surface area contributed by atoms with Crippen LogP contribution in [0.5, 0.6) is 0 Å². The molecule has 3 rings (SSSR count). The molecule has 0 saturated carbocycles. The van der Waals surface area contributed by atoms with Crippen LogP contribution in [0.1, 0.15) is 10.5 Å². The van der Waals surface area contributed by atoms with Crippen LogP contribution in [0.3, 0.4) is 0 Å². The second-order valence-corrected chi connectivity index (χ2v) is 5.32. The second-order valence-electron chi connectivity index (χ2n) is 3.31. The average Bonchev–Trinajstić information content (AvgIpc) is 2.95. The lowest BCUT2D eigenvalue weighted by atomic mass is 10.4. The van der Waals surface area contributed by atoms with E-state index in [4.69, 9.17) is 0 Å². The molecule has 90 valence electrons. The number of aromatic nitrogens is 4. The molecule has 3 aromatic rings. The maximum Gasteiger partial charge on any atom is 0.355 e. The zero-order valence-electron chi connectivity index (χ0n) is 8.85. The molecule has 0 aliphatic carbocycles. The van der Waals surface area contributed by atoms with Crippen molar-refractivity contribution in [2.24, 2.45) is 0 Å². The highest BCUT2D eigenvalue weighted by molar-refractivity contribution is 8.01. The van der Waals surface area contributed by atoms with E-state index < -0.39 is 5.97 Å². The maximum atomic E-state index is 11.3. The summed E-state index contributed by atoms with van der Waals surface area (Å²) in [7, 11) is 0. The molecular formula is C10H6N4O2S2. The Morgan fingerprint density at radius 2 is 2.33 bits per heavy atom. The molecular weight excluding hydrogens is 272 g/mol. The van der Waals surface area contributed by atoms with Gasteiger partial charge in [0.2, 0.25) is 0 Å². The highest BCUT2D eigenvalue weighted by atomic mass is 32.2. The first kappa shape index (κ1) is 11.2. The van der Waals surface area contributed by atoms with Crippen LogP contribution in [-0.2, 0) is 0 Å². The first-order chi connectivity index (χ1) is 8.75. The summed E-state index contributed by atoms with van der Waals surface area (Å²) >= 11 is 2.41. The maximum absolute atomic E-state index is 11.3. The summed E-state index contributed by atoms with van der Waals surface area (Å²) in [5.41, 5.74) is 0.743. The van der Waals surface area contributed by atoms with Gasteiger partial charge >= 0.3 is 5.97 Å². The molecule has 6 nitrogen and oxygen atoms in total. The second kappa shape index (κ2) is 4.39. The molecule has 1 N–H and O–H groups in total. The monoisotopic (exact) mass is 278 g/mol. The summed E-state index contributed by atoms with van der Waals surface area (Å²) in [4.78, 5) is 19.6. The molecule has 0 aromatic carbocycles. The number of hydrogen-bond acceptors (Lipinski definition) is 6. The third kappa shape index (κ3) is 1.85. The molecule has 0 aliphatic heterocycles. The summed E-state index contributed by atoms with van der Waals surface area (Å²) in [5.74, 6) is -1.01. The van der Waals surface area contributed by atoms with E-state index in [9.17, 15) is 9.90 Å². The van der Waals surface area contributed by atoms with Crippen LogP contribution in [0.4, 0.5) is 0 Å². The SMILES string of the molecule is O=C(O)c1c(Sc2ncns2)nc2ccccn12. The molecule has 0 fully saturated rings. The summed E-state index contributed by atoms with van der Waals surface area (Å²) < 4.78 is 6.09. The van der Waals surface area contributed by atoms with Crippen LogP contribution in [0.15, 0.2) is 40.1 Å². The number of fused-ring (bicyclic) bond motifs is 1. The van der Waals surface area contributed by atoms with E-state index in [0.29, 0.717) is 15.0 Å². The van der Waals surface area contributed by atoms with Crippen LogP contribution in [0, 0.1) is 0 Å². The lowest BCUT2D eigenvalue weighted by molar-refractivity contribution is 0.0685. The number of nitrogens with zero attached hydrogens (tertiary/aromatic N) is 4. The molecule has 18 heavy (non-hydrogen) atoms. The largest absolute Gasteiger partial charge is 0.476 e. The number of aromatic carboxylic acids is 1. The topological polar surface area (TPSA) is 80.4 Å². The van der Waals surface area contributed by atoms with Crippen molar-refractivity contribution >= 4 is 34.9 Å². The quantitative estimate of drug-likeness (QED) is 0.789. The van der Waals surface area contributed by atoms with Crippen molar-refractivity contribution < 1.29 is 9.90 Å². The Morgan fingerprint density at radius 1 is 1.44 bits per heavy atom. The Morgan fingerprint density at radius 3 is 3.06 bits per heavy atom. The summed E-state index contributed by atoms with van der Waals surface area (Å²) in [6.07, 6.45) is 3.11. The minimum Gasteiger partial charge on any atom is -0.476 e. The van der Waals surface area contributed by atoms with E-state index in [-0.39, 0.29) is 5.69 Å². The van der Waals surface area contributed by atoms with Crippen molar-refractivity contribution in [3.05, 3.63) is 36.4 Å². The van der Waals surface area contributed by atoms with E-state index in [0.717, 1.165) is 0 Å². The van der Waals surface area contributed by atoms with E-state index in [1.807, 2.05) is 6.07 Å². The number of pyridine rings is 1. The van der Waals surface area contributed by atoms with Gasteiger partial charge in [-0.25, -0.2) is 14.8 Å². The molecule has 0 amide bonds. The van der Waals surface area contributed by atoms with Crippen molar-refractivity contribution in [1.29, 1.82) is 0 Å². The van der Waals surface area contributed by atoms with E-state index in [1.54, 1.807) is 22.7 Å². The van der Waals surface area contributed by atoms with E-state index in [1.165, 1.54) is 29.6 Å². The van der Waals surface area contributed by atoms with Gasteiger partial charge in [-0.15, -0.1) is 0 Å². The molecule has 0 atom stereocenters. The third-order valence-electron chi connectivity index (χ3n) is 2.23. The third-order valence-corrected chi connectivity index (χ3v) is 3.92. The van der Waals surface area contributed by atoms with Crippen LogP contribution >= 0.6 is 23.3 Å². The summed E-state index contributed by atoms with van der Waals surface area (Å²) in [6, 6.07) is 5.34. The van der Waals surface area contributed by atoms with Crippen molar-refractivity contribution in [3.63, 3.8) is 0 Å². The number of rotatable bonds is 3. The van der Waals surface area contributed by atoms with Crippen molar-refractivity contribution in [1.82, 2.24) is 18.7 Å². The van der Waals surface area contributed by atoms with Gasteiger partial charge in [0, 0.05) is 6.20 Å². The Bertz CT molecular complexity index is 708. The standard InChI is InChI=1S/C10H6N4O2S2/c15-9(16)7-8(17-10-11-5-12-18-10)13-6-3-1-2-4-14(6)7/h1-5H,(H,15,16). The molecule has 0 spiro atoms. The fourth-order valence-electron chi connectivity index (χ4n) is 1.53. The molecule has 0 aliphatic rings. The van der Waals surface area contributed by atoms with E-state index in [2.05, 4.69) is 14.3 Å². The predicted octanol–water partition coefficient (Wildman–Crippen LogP) is 2.04. The van der Waals surface area contributed by atoms with Gasteiger partial charge in [0.1, 0.15) is 17.0 Å². The van der Waals surface area contributed by atoms with Crippen molar-refractivity contribution in [2.45, 2.75) is 9.37 Å². The number of carboxylic acid groups (broad SMARTS) is 1. The normalized spacial score (nSPS) is 10.9. The Hall–Kier alpha value is -1.93. The van der Waals surface area contributed by atoms with Crippen LogP contribution in [0.25, 0.3) is 5.65 Å². The molecule has 3 heterocycles. The lowest BCUT2D eigenvalue weighted by Gasteiger charge is -1.97. The smallest absolute Gasteiger partial charge is 0.355 e. The molecule has 0 unspecified atom stereocenters. The number of hydrogen-bond donors (Lipinski definition) is 1. The Kier molecular flexibility index (Phi) is 2.73. The lowest BCUT2D eigenvalue weighted by Crippen LogP contribution is -2.02. The number of carboxylic acids is 1. The van der Waals surface area contributed by atoms with E-state index >= 15 is 0 Å². The van der Waals surface area contributed by atoms with Gasteiger partial charge in [-0.3, -0.25) is 4.40 Å². The van der Waals surface area contributed by atoms with Gasteiger partial charge in [0.05, 0.1) is 0 Å². The van der Waals surface area contributed by atoms with Crippen LogP contribution in [-0.4, -0.2) is 29.8 Å². The van der Waals surface area contributed by atoms with Gasteiger partial charge in [-0.2, -0.15) is 4.37 Å². The molecule has 8 heteroatoms. The first-order valence-corrected chi connectivity index (χ1v) is 6.49. The van der Waals surface area contributed by atoms with Crippen LogP contribution < -0.4 is 0 Å². The fraction of sp³-hybridized carbons (Fsp3) is 0. The average molecular weight is 278 g/mol. The van der Waals surface area contributed by atoms with Gasteiger partial charge < -0.3 is 5.11 Å². The fourth-order valence-corrected chi connectivity index (χ4v) is 3.01. The zero-order chi connectivity index (χ0) is 12.5. The van der Waals surface area contributed by atoms with Gasteiger partial charge in [0.15, 0.2) is 10.0 Å². The van der Waals surface area contributed by atoms with Crippen LogP contribution in [0.2, 0.25) is 0 Å². The minimum absolute atomic E-state index is 0.144. The molecule has 0 saturated heterocycles. The summed E-state index contributed by atoms with van der Waals surface area (Å²) in [6.45, 7) is 0. The highest BCUT2D eigenvalue weighted by Gasteiger charge is 2.20. The highest BCUT2D eigenvalue weighted by Crippen LogP contribution is 2.30. The molecule has 3 aromatic heterocycles. The van der Waals surface area contributed by atoms with Gasteiger partial charge in [0.25, 0.3) is 0 Å². The van der Waals surface area contributed by atoms with Crippen molar-refractivity contribution in [3.8, 4) is 0 Å². The predicted molar refractivity (Wildman–Crippen MR) is 66.2 cm³/mol. The molecule has 0 radical (unpaired) electrons. The Balaban J connectivity index is 2.16. The summed E-state index contributed by atoms with van der Waals surface area (Å²) in [5, 5.41) is 9.70. The molecule has 0 bridgehead atoms.